The molecule has 1 heterocycles. The Bertz CT molecular complexity index is 633. The molecule has 1 unspecified atom stereocenters. The van der Waals surface area contributed by atoms with Crippen LogP contribution in [0, 0.1) is 5.92 Å². The lowest BCUT2D eigenvalue weighted by atomic mass is 10.0. The van der Waals surface area contributed by atoms with Gasteiger partial charge in [-0.3, -0.25) is 9.89 Å². The number of piperidine rings is 1. The molecule has 1 saturated carbocycles. The lowest BCUT2D eigenvalue weighted by Crippen LogP contribution is -2.44. The Morgan fingerprint density at radius 2 is 1.93 bits per heavy atom. The zero-order valence-electron chi connectivity index (χ0n) is 18.6. The molecule has 170 valence electrons. The zero-order valence-corrected chi connectivity index (χ0v) is 20.9. The summed E-state index contributed by atoms with van der Waals surface area (Å²) < 4.78 is 11.4. The largest absolute Gasteiger partial charge is 0.496 e. The number of likely N-dealkylation sites (tertiary alicyclic amines) is 1. The molecule has 1 aliphatic carbocycles. The zero-order chi connectivity index (χ0) is 20.3. The number of nitrogens with zero attached hydrogens (tertiary/aromatic N) is 2. The summed E-state index contributed by atoms with van der Waals surface area (Å²) in [6, 6.07) is 8.65. The van der Waals surface area contributed by atoms with Crippen molar-refractivity contribution in [2.24, 2.45) is 10.9 Å². The van der Waals surface area contributed by atoms with E-state index in [2.05, 4.69) is 38.7 Å². The molecule has 1 saturated heterocycles. The molecular formula is C23H39IN4O2. The van der Waals surface area contributed by atoms with Gasteiger partial charge >= 0.3 is 0 Å². The summed E-state index contributed by atoms with van der Waals surface area (Å²) in [5, 5.41) is 6.96. The van der Waals surface area contributed by atoms with Crippen LogP contribution in [0.2, 0.25) is 0 Å². The van der Waals surface area contributed by atoms with E-state index in [-0.39, 0.29) is 30.0 Å². The topological polar surface area (TPSA) is 58.1 Å². The number of aliphatic imine (C=N–C) groups is 1. The Balaban J connectivity index is 0.00000320. The number of rotatable bonds is 11. The fraction of sp³-hybridized carbons (Fsp3) is 0.696. The van der Waals surface area contributed by atoms with Crippen LogP contribution in [0.15, 0.2) is 29.3 Å². The normalized spacial score (nSPS) is 18.4. The fourth-order valence-electron chi connectivity index (χ4n) is 3.94. The number of hydrogen-bond donors (Lipinski definition) is 2. The van der Waals surface area contributed by atoms with Crippen LogP contribution in [0.3, 0.4) is 0 Å². The van der Waals surface area contributed by atoms with E-state index in [9.17, 15) is 0 Å². The summed E-state index contributed by atoms with van der Waals surface area (Å²) in [5.74, 6) is 2.64. The van der Waals surface area contributed by atoms with Crippen molar-refractivity contribution in [2.45, 2.75) is 44.6 Å². The molecule has 0 radical (unpaired) electrons. The molecule has 3 rings (SSSR count). The van der Waals surface area contributed by atoms with Gasteiger partial charge in [-0.15, -0.1) is 24.0 Å². The Labute approximate surface area is 199 Å². The van der Waals surface area contributed by atoms with E-state index in [0.29, 0.717) is 0 Å². The Hall–Kier alpha value is -1.06. The van der Waals surface area contributed by atoms with Crippen molar-refractivity contribution in [3.05, 3.63) is 29.8 Å². The maximum atomic E-state index is 5.71. The van der Waals surface area contributed by atoms with Gasteiger partial charge in [-0.25, -0.2) is 0 Å². The standard InChI is InChI=1S/C23H38N4O2.HI/c1-24-23(25-13-8-16-29-18-19-11-12-19)26-17-21(27-14-6-3-7-15-27)20-9-4-5-10-22(20)28-2;/h4-5,9-10,19,21H,3,6-8,11-18H2,1-2H3,(H2,24,25,26);1H. The Morgan fingerprint density at radius 3 is 2.63 bits per heavy atom. The monoisotopic (exact) mass is 530 g/mol. The number of ether oxygens (including phenoxy) is 2. The molecule has 0 amide bonds. The summed E-state index contributed by atoms with van der Waals surface area (Å²) in [7, 11) is 3.59. The second-order valence-electron chi connectivity index (χ2n) is 8.11. The van der Waals surface area contributed by atoms with E-state index < -0.39 is 0 Å². The highest BCUT2D eigenvalue weighted by Gasteiger charge is 2.25. The molecule has 7 heteroatoms. The summed E-state index contributed by atoms with van der Waals surface area (Å²) in [4.78, 5) is 6.98. The van der Waals surface area contributed by atoms with Crippen LogP contribution in [0.4, 0.5) is 0 Å². The van der Waals surface area contributed by atoms with Crippen LogP contribution in [0.1, 0.15) is 50.1 Å². The highest BCUT2D eigenvalue weighted by molar-refractivity contribution is 14.0. The molecule has 1 aliphatic heterocycles. The predicted octanol–water partition coefficient (Wildman–Crippen LogP) is 3.82. The smallest absolute Gasteiger partial charge is 0.191 e. The molecule has 30 heavy (non-hydrogen) atoms. The maximum Gasteiger partial charge on any atom is 0.191 e. The number of benzene rings is 1. The SMILES string of the molecule is CN=C(NCCCOCC1CC1)NCC(c1ccccc1OC)N1CCCCC1.I. The first kappa shape index (κ1) is 25.2. The van der Waals surface area contributed by atoms with Crippen LogP contribution in [0.5, 0.6) is 5.75 Å². The van der Waals surface area contributed by atoms with E-state index in [1.807, 2.05) is 13.1 Å². The third-order valence-corrected chi connectivity index (χ3v) is 5.82. The molecule has 2 fully saturated rings. The average Bonchev–Trinajstić information content (AvgIpc) is 3.60. The third kappa shape index (κ3) is 8.23. The summed E-state index contributed by atoms with van der Waals surface area (Å²) in [5.41, 5.74) is 1.24. The Morgan fingerprint density at radius 1 is 1.17 bits per heavy atom. The van der Waals surface area contributed by atoms with Crippen LogP contribution < -0.4 is 15.4 Å². The minimum atomic E-state index is 0. The lowest BCUT2D eigenvalue weighted by molar-refractivity contribution is 0.123. The van der Waals surface area contributed by atoms with Crippen LogP contribution >= 0.6 is 24.0 Å². The number of halogens is 1. The molecule has 0 spiro atoms. The number of para-hydroxylation sites is 1. The van der Waals surface area contributed by atoms with Gasteiger partial charge in [0.25, 0.3) is 0 Å². The lowest BCUT2D eigenvalue weighted by Gasteiger charge is -2.35. The average molecular weight is 530 g/mol. The molecule has 2 N–H and O–H groups in total. The highest BCUT2D eigenvalue weighted by atomic mass is 127. The second-order valence-corrected chi connectivity index (χ2v) is 8.11. The second kappa shape index (κ2) is 14.1. The van der Waals surface area contributed by atoms with Crippen molar-refractivity contribution in [3.63, 3.8) is 0 Å². The molecule has 0 bridgehead atoms. The maximum absolute atomic E-state index is 5.71. The van der Waals surface area contributed by atoms with Gasteiger partial charge in [-0.05, 0) is 57.2 Å². The van der Waals surface area contributed by atoms with E-state index in [1.165, 1.54) is 37.7 Å². The molecule has 1 atom stereocenters. The van der Waals surface area contributed by atoms with Gasteiger partial charge in [-0.2, -0.15) is 0 Å². The summed E-state index contributed by atoms with van der Waals surface area (Å²) >= 11 is 0. The van der Waals surface area contributed by atoms with Crippen LogP contribution in [-0.4, -0.2) is 64.4 Å². The summed E-state index contributed by atoms with van der Waals surface area (Å²) in [6.45, 7) is 5.69. The molecule has 6 nitrogen and oxygen atoms in total. The first-order valence-electron chi connectivity index (χ1n) is 11.2. The molecule has 0 aromatic heterocycles. The van der Waals surface area contributed by atoms with Crippen LogP contribution in [0.25, 0.3) is 0 Å². The quantitative estimate of drug-likeness (QED) is 0.197. The van der Waals surface area contributed by atoms with Crippen molar-refractivity contribution in [1.82, 2.24) is 15.5 Å². The van der Waals surface area contributed by atoms with Gasteiger partial charge in [0.05, 0.1) is 13.2 Å². The van der Waals surface area contributed by atoms with Crippen molar-refractivity contribution < 1.29 is 9.47 Å². The van der Waals surface area contributed by atoms with Crippen molar-refractivity contribution >= 4 is 29.9 Å². The first-order chi connectivity index (χ1) is 14.3. The van der Waals surface area contributed by atoms with E-state index in [0.717, 1.165) is 63.4 Å². The number of nitrogens with one attached hydrogen (secondary N) is 2. The number of hydrogen-bond acceptors (Lipinski definition) is 4. The van der Waals surface area contributed by atoms with Gasteiger partial charge in [-0.1, -0.05) is 24.6 Å². The molecule has 1 aromatic rings. The van der Waals surface area contributed by atoms with Gasteiger partial charge < -0.3 is 20.1 Å². The number of methoxy groups -OCH3 is 1. The first-order valence-corrected chi connectivity index (χ1v) is 11.2. The molecule has 1 aromatic carbocycles. The minimum Gasteiger partial charge on any atom is -0.496 e. The Kier molecular flexibility index (Phi) is 11.8. The fourth-order valence-corrected chi connectivity index (χ4v) is 3.94. The van der Waals surface area contributed by atoms with E-state index >= 15 is 0 Å². The van der Waals surface area contributed by atoms with E-state index in [1.54, 1.807) is 7.11 Å². The number of guanidine groups is 1. The third-order valence-electron chi connectivity index (χ3n) is 5.82. The van der Waals surface area contributed by atoms with E-state index in [4.69, 9.17) is 9.47 Å². The van der Waals surface area contributed by atoms with Gasteiger partial charge in [0.1, 0.15) is 5.75 Å². The molecule has 2 aliphatic rings. The van der Waals surface area contributed by atoms with Gasteiger partial charge in [0.15, 0.2) is 5.96 Å². The van der Waals surface area contributed by atoms with Gasteiger partial charge in [0.2, 0.25) is 0 Å². The summed E-state index contributed by atoms with van der Waals surface area (Å²) in [6.07, 6.45) is 7.54. The van der Waals surface area contributed by atoms with Crippen molar-refractivity contribution in [3.8, 4) is 5.75 Å². The molecular weight excluding hydrogens is 491 g/mol. The van der Waals surface area contributed by atoms with Crippen molar-refractivity contribution in [2.75, 3.05) is 53.6 Å². The van der Waals surface area contributed by atoms with Gasteiger partial charge in [0, 0.05) is 38.9 Å². The van der Waals surface area contributed by atoms with Crippen molar-refractivity contribution in [1.29, 1.82) is 0 Å². The predicted molar refractivity (Wildman–Crippen MR) is 134 cm³/mol. The minimum absolute atomic E-state index is 0. The highest BCUT2D eigenvalue weighted by Crippen LogP contribution is 2.31. The van der Waals surface area contributed by atoms with Crippen LogP contribution in [-0.2, 0) is 4.74 Å².